The van der Waals surface area contributed by atoms with Crippen LogP contribution in [0.2, 0.25) is 5.02 Å². The van der Waals surface area contributed by atoms with Gasteiger partial charge in [0.15, 0.2) is 0 Å². The summed E-state index contributed by atoms with van der Waals surface area (Å²) in [5, 5.41) is 0.679. The number of hydrogen-bond donors (Lipinski definition) is 0. The van der Waals surface area contributed by atoms with Crippen molar-refractivity contribution in [1.29, 1.82) is 0 Å². The lowest BCUT2D eigenvalue weighted by Gasteiger charge is -2.19. The standard InChI is InChI=1S/C20H27ClO5S/c1-14(2)20(23)24-11-5-6-19(22)26-17(12-25-15(3)4)13-27-18-9-7-16(21)8-10-18/h7-10,15,17H,1,5-6,11-13H2,2-4H3. The van der Waals surface area contributed by atoms with Crippen LogP contribution in [0.15, 0.2) is 41.3 Å². The normalized spacial score (nSPS) is 11.9. The Balaban J connectivity index is 2.42. The Morgan fingerprint density at radius 1 is 1.22 bits per heavy atom. The van der Waals surface area contributed by atoms with Crippen molar-refractivity contribution in [3.05, 3.63) is 41.4 Å². The van der Waals surface area contributed by atoms with E-state index in [0.717, 1.165) is 4.90 Å². The lowest BCUT2D eigenvalue weighted by molar-refractivity contribution is -0.152. The number of hydrogen-bond acceptors (Lipinski definition) is 6. The molecule has 0 bridgehead atoms. The number of carbonyl (C=O) groups excluding carboxylic acids is 2. The van der Waals surface area contributed by atoms with Crippen molar-refractivity contribution in [2.24, 2.45) is 0 Å². The van der Waals surface area contributed by atoms with Gasteiger partial charge in [-0.3, -0.25) is 4.79 Å². The van der Waals surface area contributed by atoms with Crippen molar-refractivity contribution in [3.8, 4) is 0 Å². The van der Waals surface area contributed by atoms with Crippen LogP contribution in [-0.2, 0) is 23.8 Å². The summed E-state index contributed by atoms with van der Waals surface area (Å²) in [7, 11) is 0. The molecule has 0 fully saturated rings. The van der Waals surface area contributed by atoms with Crippen molar-refractivity contribution >= 4 is 35.3 Å². The Morgan fingerprint density at radius 2 is 1.89 bits per heavy atom. The molecule has 0 aromatic heterocycles. The van der Waals surface area contributed by atoms with Gasteiger partial charge in [0.25, 0.3) is 0 Å². The average molecular weight is 415 g/mol. The van der Waals surface area contributed by atoms with Crippen molar-refractivity contribution in [3.63, 3.8) is 0 Å². The van der Waals surface area contributed by atoms with E-state index in [1.54, 1.807) is 18.7 Å². The summed E-state index contributed by atoms with van der Waals surface area (Å²) in [6, 6.07) is 7.49. The molecule has 0 spiro atoms. The molecule has 27 heavy (non-hydrogen) atoms. The molecule has 0 amide bonds. The number of esters is 2. The van der Waals surface area contributed by atoms with Gasteiger partial charge in [0, 0.05) is 27.7 Å². The van der Waals surface area contributed by atoms with E-state index in [1.807, 2.05) is 38.1 Å². The Morgan fingerprint density at radius 3 is 2.48 bits per heavy atom. The molecule has 0 radical (unpaired) electrons. The van der Waals surface area contributed by atoms with E-state index in [9.17, 15) is 9.59 Å². The van der Waals surface area contributed by atoms with Gasteiger partial charge in [-0.25, -0.2) is 4.79 Å². The zero-order chi connectivity index (χ0) is 20.2. The molecule has 0 saturated heterocycles. The average Bonchev–Trinajstić information content (AvgIpc) is 2.61. The number of benzene rings is 1. The van der Waals surface area contributed by atoms with Gasteiger partial charge < -0.3 is 14.2 Å². The second-order valence-corrected chi connectivity index (χ2v) is 7.81. The fourth-order valence-corrected chi connectivity index (χ4v) is 2.88. The van der Waals surface area contributed by atoms with Gasteiger partial charge in [0.2, 0.25) is 0 Å². The summed E-state index contributed by atoms with van der Waals surface area (Å²) in [5.41, 5.74) is 0.336. The zero-order valence-electron chi connectivity index (χ0n) is 16.0. The Labute approximate surface area is 170 Å². The molecule has 1 aromatic carbocycles. The van der Waals surface area contributed by atoms with E-state index in [4.69, 9.17) is 25.8 Å². The Kier molecular flexibility index (Phi) is 11.2. The minimum Gasteiger partial charge on any atom is -0.462 e. The lowest BCUT2D eigenvalue weighted by atomic mass is 10.3. The van der Waals surface area contributed by atoms with Crippen LogP contribution in [0.1, 0.15) is 33.6 Å². The number of rotatable bonds is 12. The maximum absolute atomic E-state index is 12.1. The van der Waals surface area contributed by atoms with Crippen LogP contribution in [-0.4, -0.2) is 43.1 Å². The molecule has 0 aliphatic carbocycles. The van der Waals surface area contributed by atoms with Gasteiger partial charge in [0.05, 0.1) is 19.3 Å². The molecule has 1 atom stereocenters. The molecule has 0 heterocycles. The highest BCUT2D eigenvalue weighted by atomic mass is 35.5. The summed E-state index contributed by atoms with van der Waals surface area (Å²) in [5.74, 6) is -0.216. The van der Waals surface area contributed by atoms with Gasteiger partial charge >= 0.3 is 11.9 Å². The van der Waals surface area contributed by atoms with Gasteiger partial charge in [-0.05, 0) is 51.5 Å². The van der Waals surface area contributed by atoms with Crippen molar-refractivity contribution in [2.45, 2.75) is 50.7 Å². The quantitative estimate of drug-likeness (QED) is 0.214. The van der Waals surface area contributed by atoms with E-state index in [1.165, 1.54) is 0 Å². The molecule has 0 N–H and O–H groups in total. The maximum atomic E-state index is 12.1. The van der Waals surface area contributed by atoms with E-state index in [-0.39, 0.29) is 31.2 Å². The van der Waals surface area contributed by atoms with E-state index >= 15 is 0 Å². The van der Waals surface area contributed by atoms with E-state index in [0.29, 0.717) is 29.4 Å². The van der Waals surface area contributed by atoms with Gasteiger partial charge in [0.1, 0.15) is 6.10 Å². The first kappa shape index (κ1) is 23.5. The van der Waals surface area contributed by atoms with Crippen LogP contribution in [0.25, 0.3) is 0 Å². The Hall–Kier alpha value is -1.50. The SMILES string of the molecule is C=C(C)C(=O)OCCCC(=O)OC(COC(C)C)CSc1ccc(Cl)cc1. The second-order valence-electron chi connectivity index (χ2n) is 6.28. The van der Waals surface area contributed by atoms with Crippen LogP contribution < -0.4 is 0 Å². The minimum absolute atomic E-state index is 0.0493. The summed E-state index contributed by atoms with van der Waals surface area (Å²) < 4.78 is 16.1. The first-order valence-electron chi connectivity index (χ1n) is 8.80. The Bertz CT molecular complexity index is 615. The highest BCUT2D eigenvalue weighted by Gasteiger charge is 2.16. The fourth-order valence-electron chi connectivity index (χ4n) is 1.89. The van der Waals surface area contributed by atoms with Crippen molar-refractivity contribution < 1.29 is 23.8 Å². The van der Waals surface area contributed by atoms with E-state index < -0.39 is 5.97 Å². The molecule has 1 rings (SSSR count). The van der Waals surface area contributed by atoms with Crippen LogP contribution >= 0.6 is 23.4 Å². The van der Waals surface area contributed by atoms with Crippen LogP contribution in [0.5, 0.6) is 0 Å². The van der Waals surface area contributed by atoms with Crippen LogP contribution in [0, 0.1) is 0 Å². The summed E-state index contributed by atoms with van der Waals surface area (Å²) in [4.78, 5) is 24.4. The predicted octanol–water partition coefficient (Wildman–Crippen LogP) is 4.67. The molecule has 1 aromatic rings. The molecule has 0 aliphatic rings. The van der Waals surface area contributed by atoms with Crippen molar-refractivity contribution in [1.82, 2.24) is 0 Å². The third-order valence-electron chi connectivity index (χ3n) is 3.27. The lowest BCUT2D eigenvalue weighted by Crippen LogP contribution is -2.27. The number of halogens is 1. The van der Waals surface area contributed by atoms with Gasteiger partial charge in [-0.15, -0.1) is 11.8 Å². The van der Waals surface area contributed by atoms with E-state index in [2.05, 4.69) is 6.58 Å². The molecule has 1 unspecified atom stereocenters. The minimum atomic E-state index is -0.453. The molecule has 7 heteroatoms. The monoisotopic (exact) mass is 414 g/mol. The van der Waals surface area contributed by atoms with Crippen molar-refractivity contribution in [2.75, 3.05) is 19.0 Å². The number of carbonyl (C=O) groups is 2. The molecule has 5 nitrogen and oxygen atoms in total. The molecule has 0 aliphatic heterocycles. The van der Waals surface area contributed by atoms with Crippen LogP contribution in [0.4, 0.5) is 0 Å². The third-order valence-corrected chi connectivity index (χ3v) is 4.67. The predicted molar refractivity (Wildman–Crippen MR) is 108 cm³/mol. The summed E-state index contributed by atoms with van der Waals surface area (Å²) >= 11 is 7.46. The molecular weight excluding hydrogens is 388 g/mol. The molecule has 0 saturated carbocycles. The first-order valence-corrected chi connectivity index (χ1v) is 10.2. The first-order chi connectivity index (χ1) is 12.8. The highest BCUT2D eigenvalue weighted by Crippen LogP contribution is 2.22. The topological polar surface area (TPSA) is 61.8 Å². The van der Waals surface area contributed by atoms with Gasteiger partial charge in [-0.1, -0.05) is 18.2 Å². The van der Waals surface area contributed by atoms with Crippen LogP contribution in [0.3, 0.4) is 0 Å². The molecular formula is C20H27ClO5S. The number of thioether (sulfide) groups is 1. The number of ether oxygens (including phenoxy) is 3. The largest absolute Gasteiger partial charge is 0.462 e. The fraction of sp³-hybridized carbons (Fsp3) is 0.500. The zero-order valence-corrected chi connectivity index (χ0v) is 17.6. The highest BCUT2D eigenvalue weighted by molar-refractivity contribution is 7.99. The summed E-state index contributed by atoms with van der Waals surface area (Å²) in [6.45, 7) is 9.43. The second kappa shape index (κ2) is 12.8. The van der Waals surface area contributed by atoms with Gasteiger partial charge in [-0.2, -0.15) is 0 Å². The summed E-state index contributed by atoms with van der Waals surface area (Å²) in [6.07, 6.45) is 0.263. The molecule has 150 valence electrons. The smallest absolute Gasteiger partial charge is 0.333 e. The maximum Gasteiger partial charge on any atom is 0.333 e. The third kappa shape index (κ3) is 11.1.